The summed E-state index contributed by atoms with van der Waals surface area (Å²) in [6.45, 7) is 7.83. The van der Waals surface area contributed by atoms with Crippen molar-refractivity contribution in [1.82, 2.24) is 25.1 Å². The summed E-state index contributed by atoms with van der Waals surface area (Å²) in [6.07, 6.45) is -2.76. The van der Waals surface area contributed by atoms with E-state index < -0.39 is 18.8 Å². The normalized spacial score (nSPS) is 17.7. The number of halogens is 3. The monoisotopic (exact) mass is 503 g/mol. The van der Waals surface area contributed by atoms with Crippen molar-refractivity contribution in [2.24, 2.45) is 0 Å². The highest BCUT2D eigenvalue weighted by molar-refractivity contribution is 5.63. The lowest BCUT2D eigenvalue weighted by molar-refractivity contribution is -0.210. The van der Waals surface area contributed by atoms with Gasteiger partial charge in [-0.2, -0.15) is 23.3 Å². The van der Waals surface area contributed by atoms with E-state index in [1.165, 1.54) is 0 Å². The fourth-order valence-corrected chi connectivity index (χ4v) is 4.57. The second-order valence-corrected chi connectivity index (χ2v) is 9.50. The van der Waals surface area contributed by atoms with Crippen LogP contribution in [0.15, 0.2) is 24.4 Å². The van der Waals surface area contributed by atoms with Gasteiger partial charge in [0.25, 0.3) is 0 Å². The average Bonchev–Trinajstić information content (AvgIpc) is 3.22. The minimum absolute atomic E-state index is 0.174. The van der Waals surface area contributed by atoms with E-state index in [9.17, 15) is 18.3 Å². The highest BCUT2D eigenvalue weighted by atomic mass is 19.4. The quantitative estimate of drug-likeness (QED) is 0.344. The summed E-state index contributed by atoms with van der Waals surface area (Å²) in [5, 5.41) is 23.2. The maximum Gasteiger partial charge on any atom is 0.415 e. The number of piperidine rings is 1. The fourth-order valence-electron chi connectivity index (χ4n) is 4.57. The van der Waals surface area contributed by atoms with Gasteiger partial charge in [0.1, 0.15) is 5.82 Å². The Balaban J connectivity index is 1.54. The third-order valence-electron chi connectivity index (χ3n) is 6.54. The van der Waals surface area contributed by atoms with Gasteiger partial charge >= 0.3 is 6.18 Å². The van der Waals surface area contributed by atoms with E-state index in [1.807, 2.05) is 45.9 Å². The Morgan fingerprint density at radius 3 is 2.56 bits per heavy atom. The summed E-state index contributed by atoms with van der Waals surface area (Å²) in [5.74, 6) is 1.70. The van der Waals surface area contributed by atoms with Crippen LogP contribution in [0.5, 0.6) is 0 Å². The molecule has 2 atom stereocenters. The number of nitrogens with zero attached hydrogens (tertiary/aromatic N) is 4. The molecule has 1 aliphatic heterocycles. The lowest BCUT2D eigenvalue weighted by atomic mass is 9.90. The van der Waals surface area contributed by atoms with E-state index in [2.05, 4.69) is 30.8 Å². The van der Waals surface area contributed by atoms with Crippen LogP contribution in [0.4, 0.5) is 36.4 Å². The number of aliphatic hydroxyl groups excluding tert-OH is 1. The SMILES string of the molecule is Cc1cc(Nc2nc(Nc3cc(C)c(C4CCCCN4C[C@@H](O)C(F)(F)F)cc3C)ncc2C)n[nH]1. The standard InChI is InChI=1S/C25H32F3N7O/c1-14-10-19(30-24-29-12-16(3)23(32-24)31-22-11-17(4)33-34-22)15(2)9-18(14)20-7-5-6-8-35(20)13-21(36)25(26,27)28/h9-12,20-21,36H,5-8,13H2,1-4H3,(H3,29,30,31,32,33,34)/t20?,21-/m1/s1. The van der Waals surface area contributed by atoms with Gasteiger partial charge in [-0.3, -0.25) is 10.00 Å². The van der Waals surface area contributed by atoms with Gasteiger partial charge in [0.05, 0.1) is 0 Å². The molecule has 0 aliphatic carbocycles. The molecule has 0 bridgehead atoms. The van der Waals surface area contributed by atoms with Gasteiger partial charge in [0, 0.05) is 41.8 Å². The van der Waals surface area contributed by atoms with Crippen LogP contribution in [0, 0.1) is 27.7 Å². The second-order valence-electron chi connectivity index (χ2n) is 9.50. The first kappa shape index (κ1) is 25.9. The number of aryl methyl sites for hydroxylation is 4. The van der Waals surface area contributed by atoms with E-state index in [-0.39, 0.29) is 6.04 Å². The number of H-pyrrole nitrogens is 1. The van der Waals surface area contributed by atoms with Crippen molar-refractivity contribution >= 4 is 23.3 Å². The zero-order valence-electron chi connectivity index (χ0n) is 20.9. The molecule has 8 nitrogen and oxygen atoms in total. The summed E-state index contributed by atoms with van der Waals surface area (Å²) >= 11 is 0. The maximum absolute atomic E-state index is 13.0. The summed E-state index contributed by atoms with van der Waals surface area (Å²) in [6, 6.07) is 5.70. The number of β-amino-alcohol motifs (C(OH)–C–C–N with tert-alkyl or cyclic N) is 1. The molecule has 0 amide bonds. The van der Waals surface area contributed by atoms with Crippen LogP contribution in [-0.2, 0) is 0 Å². The molecule has 4 rings (SSSR count). The Labute approximate surface area is 208 Å². The Bertz CT molecular complexity index is 1210. The smallest absolute Gasteiger partial charge is 0.382 e. The summed E-state index contributed by atoms with van der Waals surface area (Å²) < 4.78 is 39.0. The van der Waals surface area contributed by atoms with Crippen LogP contribution in [0.1, 0.15) is 53.3 Å². The van der Waals surface area contributed by atoms with Crippen LogP contribution in [0.2, 0.25) is 0 Å². The first-order valence-corrected chi connectivity index (χ1v) is 12.0. The van der Waals surface area contributed by atoms with Gasteiger partial charge in [-0.1, -0.05) is 12.5 Å². The molecule has 2 aromatic heterocycles. The molecule has 1 unspecified atom stereocenters. The minimum Gasteiger partial charge on any atom is -0.382 e. The van der Waals surface area contributed by atoms with Gasteiger partial charge in [-0.15, -0.1) is 0 Å². The van der Waals surface area contributed by atoms with Crippen LogP contribution in [0.3, 0.4) is 0 Å². The number of nitrogens with one attached hydrogen (secondary N) is 3. The molecule has 3 heterocycles. The lowest BCUT2D eigenvalue weighted by Crippen LogP contribution is -2.44. The summed E-state index contributed by atoms with van der Waals surface area (Å²) in [5.41, 5.74) is 5.48. The van der Waals surface area contributed by atoms with E-state index >= 15 is 0 Å². The van der Waals surface area contributed by atoms with Crippen molar-refractivity contribution in [3.05, 3.63) is 52.3 Å². The number of rotatable bonds is 7. The first-order valence-electron chi connectivity index (χ1n) is 12.0. The predicted octanol–water partition coefficient (Wildman–Crippen LogP) is 5.37. The average molecular weight is 504 g/mol. The molecule has 11 heteroatoms. The number of alkyl halides is 3. The van der Waals surface area contributed by atoms with Gasteiger partial charge in [-0.25, -0.2) is 4.98 Å². The number of aliphatic hydroxyl groups is 1. The van der Waals surface area contributed by atoms with Crippen LogP contribution >= 0.6 is 0 Å². The van der Waals surface area contributed by atoms with Crippen molar-refractivity contribution < 1.29 is 18.3 Å². The topological polar surface area (TPSA) is 102 Å². The number of likely N-dealkylation sites (tertiary alicyclic amines) is 1. The number of benzene rings is 1. The third-order valence-corrected chi connectivity index (χ3v) is 6.54. The van der Waals surface area contributed by atoms with Crippen molar-refractivity contribution in [2.45, 2.75) is 65.3 Å². The highest BCUT2D eigenvalue weighted by Crippen LogP contribution is 2.36. The molecule has 0 spiro atoms. The van der Waals surface area contributed by atoms with Crippen LogP contribution < -0.4 is 10.6 Å². The summed E-state index contributed by atoms with van der Waals surface area (Å²) in [4.78, 5) is 10.8. The zero-order valence-corrected chi connectivity index (χ0v) is 20.9. The molecule has 0 radical (unpaired) electrons. The second kappa shape index (κ2) is 10.4. The minimum atomic E-state index is -4.63. The molecular formula is C25H32F3N7O. The Hall–Kier alpha value is -3.18. The van der Waals surface area contributed by atoms with Gasteiger partial charge in [-0.05, 0) is 69.8 Å². The van der Waals surface area contributed by atoms with Crippen LogP contribution in [-0.4, -0.2) is 55.5 Å². The lowest BCUT2D eigenvalue weighted by Gasteiger charge is -2.38. The fraction of sp³-hybridized carbons (Fsp3) is 0.480. The Kier molecular flexibility index (Phi) is 7.51. The molecule has 1 saturated heterocycles. The molecule has 36 heavy (non-hydrogen) atoms. The van der Waals surface area contributed by atoms with Crippen molar-refractivity contribution in [3.8, 4) is 0 Å². The Morgan fingerprint density at radius 1 is 1.08 bits per heavy atom. The number of hydrogen-bond donors (Lipinski definition) is 4. The van der Waals surface area contributed by atoms with Gasteiger partial charge < -0.3 is 15.7 Å². The third kappa shape index (κ3) is 5.96. The number of aromatic amines is 1. The molecule has 1 aromatic carbocycles. The summed E-state index contributed by atoms with van der Waals surface area (Å²) in [7, 11) is 0. The first-order chi connectivity index (χ1) is 17.0. The molecule has 1 aliphatic rings. The largest absolute Gasteiger partial charge is 0.415 e. The van der Waals surface area contributed by atoms with E-state index in [0.717, 1.165) is 52.9 Å². The molecule has 194 valence electrons. The van der Waals surface area contributed by atoms with E-state index in [4.69, 9.17) is 0 Å². The van der Waals surface area contributed by atoms with Crippen LogP contribution in [0.25, 0.3) is 0 Å². The predicted molar refractivity (Wildman–Crippen MR) is 133 cm³/mol. The number of aromatic nitrogens is 4. The Morgan fingerprint density at radius 2 is 1.86 bits per heavy atom. The zero-order chi connectivity index (χ0) is 26.0. The number of anilines is 4. The maximum atomic E-state index is 13.0. The van der Waals surface area contributed by atoms with Crippen molar-refractivity contribution in [1.29, 1.82) is 0 Å². The molecule has 4 N–H and O–H groups in total. The molecule has 1 fully saturated rings. The van der Waals surface area contributed by atoms with Crippen molar-refractivity contribution in [2.75, 3.05) is 23.7 Å². The van der Waals surface area contributed by atoms with E-state index in [1.54, 1.807) is 11.1 Å². The number of hydrogen-bond acceptors (Lipinski definition) is 7. The highest BCUT2D eigenvalue weighted by Gasteiger charge is 2.40. The van der Waals surface area contributed by atoms with Gasteiger partial charge in [0.15, 0.2) is 11.9 Å². The molecular weight excluding hydrogens is 471 g/mol. The van der Waals surface area contributed by atoms with E-state index in [0.29, 0.717) is 24.1 Å². The molecule has 3 aromatic rings. The van der Waals surface area contributed by atoms with Crippen molar-refractivity contribution in [3.63, 3.8) is 0 Å². The van der Waals surface area contributed by atoms with Gasteiger partial charge in [0.2, 0.25) is 5.95 Å². The molecule has 0 saturated carbocycles.